The Morgan fingerprint density at radius 1 is 1.03 bits per heavy atom. The first-order valence-electron chi connectivity index (χ1n) is 9.96. The number of anilines is 1. The molecular weight excluding hydrogens is 619 g/mol. The van der Waals surface area contributed by atoms with Gasteiger partial charge in [-0.1, -0.05) is 17.4 Å². The van der Waals surface area contributed by atoms with Crippen molar-refractivity contribution in [2.24, 2.45) is 0 Å². The number of methoxy groups -OCH3 is 1. The van der Waals surface area contributed by atoms with Gasteiger partial charge >= 0.3 is 21.2 Å². The fourth-order valence-corrected chi connectivity index (χ4v) is 6.03. The minimum absolute atomic E-state index is 0. The molecule has 4 aromatic rings. The van der Waals surface area contributed by atoms with Crippen LogP contribution in [0.25, 0.3) is 10.2 Å². The highest BCUT2D eigenvalue weighted by molar-refractivity contribution is 7.22. The molecule has 4 rings (SSSR count). The molecule has 172 valence electrons. The van der Waals surface area contributed by atoms with Crippen LogP contribution in [0, 0.1) is 7.14 Å². The Morgan fingerprint density at radius 3 is 2.61 bits per heavy atom. The average molecular weight is 641 g/mol. The predicted octanol–water partition coefficient (Wildman–Crippen LogP) is -0.938. The number of amides is 1. The first kappa shape index (κ1) is 25.4. The number of halogens is 2. The van der Waals surface area contributed by atoms with Gasteiger partial charge in [-0.15, -0.1) is 0 Å². The van der Waals surface area contributed by atoms with Crippen LogP contribution in [0.2, 0.25) is 0 Å². The maximum Gasteiger partial charge on any atom is 0.358 e. The summed E-state index contributed by atoms with van der Waals surface area (Å²) < 4.78 is 19.5. The SMILES string of the molecule is CCOCOc1ccc2nc(NC(=O)c3ccc([I+]c4cccc(OC)c4)cc3)sc2c1.[Br-]. The van der Waals surface area contributed by atoms with E-state index in [-0.39, 0.29) is 50.9 Å². The van der Waals surface area contributed by atoms with Gasteiger partial charge in [0.05, 0.1) is 17.3 Å². The fourth-order valence-electron chi connectivity index (χ4n) is 2.85. The first-order valence-corrected chi connectivity index (χ1v) is 12.9. The second-order valence-electron chi connectivity index (χ2n) is 6.62. The number of hydrogen-bond donors (Lipinski definition) is 1. The molecule has 0 aliphatic heterocycles. The van der Waals surface area contributed by atoms with Gasteiger partial charge in [-0.3, -0.25) is 10.1 Å². The monoisotopic (exact) mass is 640 g/mol. The zero-order chi connectivity index (χ0) is 22.3. The Bertz CT molecular complexity index is 1220. The summed E-state index contributed by atoms with van der Waals surface area (Å²) in [6, 6.07) is 21.5. The highest BCUT2D eigenvalue weighted by Crippen LogP contribution is 2.29. The van der Waals surface area contributed by atoms with Gasteiger partial charge < -0.3 is 31.2 Å². The van der Waals surface area contributed by atoms with Gasteiger partial charge in [0.1, 0.15) is 11.5 Å². The van der Waals surface area contributed by atoms with Crippen LogP contribution >= 0.6 is 11.3 Å². The van der Waals surface area contributed by atoms with E-state index in [1.165, 1.54) is 18.5 Å². The Balaban J connectivity index is 0.00000306. The van der Waals surface area contributed by atoms with Gasteiger partial charge in [0.25, 0.3) is 5.91 Å². The topological polar surface area (TPSA) is 69.7 Å². The van der Waals surface area contributed by atoms with Crippen molar-refractivity contribution in [3.63, 3.8) is 0 Å². The normalized spacial score (nSPS) is 10.5. The molecule has 0 spiro atoms. The Kier molecular flexibility index (Phi) is 9.48. The van der Waals surface area contributed by atoms with Crippen LogP contribution in [0.4, 0.5) is 5.13 Å². The molecule has 9 heteroatoms. The van der Waals surface area contributed by atoms with E-state index < -0.39 is 0 Å². The molecule has 1 aromatic heterocycles. The number of benzene rings is 3. The third-order valence-corrected chi connectivity index (χ3v) is 8.02. The number of rotatable bonds is 9. The third-order valence-electron chi connectivity index (χ3n) is 4.45. The second kappa shape index (κ2) is 12.3. The number of hydrogen-bond acceptors (Lipinski definition) is 6. The molecule has 0 saturated carbocycles. The summed E-state index contributed by atoms with van der Waals surface area (Å²) in [7, 11) is 1.67. The lowest BCUT2D eigenvalue weighted by Gasteiger charge is -2.04. The summed E-state index contributed by atoms with van der Waals surface area (Å²) in [5.41, 5.74) is 1.41. The second-order valence-corrected chi connectivity index (χ2v) is 10.7. The Labute approximate surface area is 217 Å². The Morgan fingerprint density at radius 2 is 1.85 bits per heavy atom. The summed E-state index contributed by atoms with van der Waals surface area (Å²) in [5, 5.41) is 3.45. The molecule has 0 bridgehead atoms. The van der Waals surface area contributed by atoms with Crippen LogP contribution in [0.5, 0.6) is 11.5 Å². The van der Waals surface area contributed by atoms with Crippen molar-refractivity contribution in [3.8, 4) is 11.5 Å². The number of ether oxygens (including phenoxy) is 3. The smallest absolute Gasteiger partial charge is 0.358 e. The van der Waals surface area contributed by atoms with Crippen molar-refractivity contribution in [3.05, 3.63) is 79.4 Å². The van der Waals surface area contributed by atoms with E-state index in [4.69, 9.17) is 14.2 Å². The van der Waals surface area contributed by atoms with Crippen LogP contribution < -0.4 is 53.0 Å². The number of nitrogens with zero attached hydrogens (tertiary/aromatic N) is 1. The summed E-state index contributed by atoms with van der Waals surface area (Å²) >= 11 is 1.07. The van der Waals surface area contributed by atoms with Crippen LogP contribution in [0.15, 0.2) is 66.7 Å². The molecule has 1 amide bonds. The molecule has 0 saturated heterocycles. The first-order chi connectivity index (χ1) is 15.6. The number of aromatic nitrogens is 1. The largest absolute Gasteiger partial charge is 1.00 e. The summed E-state index contributed by atoms with van der Waals surface area (Å²) in [6.07, 6.45) is 0. The highest BCUT2D eigenvalue weighted by atomic mass is 127. The maximum atomic E-state index is 12.7. The molecule has 1 heterocycles. The van der Waals surface area contributed by atoms with Crippen LogP contribution in [0.3, 0.4) is 0 Å². The molecule has 0 unspecified atom stereocenters. The zero-order valence-corrected chi connectivity index (χ0v) is 22.6. The van der Waals surface area contributed by atoms with E-state index in [0.29, 0.717) is 23.1 Å². The molecule has 0 aliphatic rings. The van der Waals surface area contributed by atoms with Gasteiger partial charge in [0.15, 0.2) is 19.1 Å². The minimum Gasteiger partial charge on any atom is -1.00 e. The molecule has 33 heavy (non-hydrogen) atoms. The summed E-state index contributed by atoms with van der Waals surface area (Å²) in [4.78, 5) is 17.2. The summed E-state index contributed by atoms with van der Waals surface area (Å²) in [6.45, 7) is 2.73. The lowest BCUT2D eigenvalue weighted by atomic mass is 10.2. The minimum atomic E-state index is -0.342. The molecule has 3 aromatic carbocycles. The van der Waals surface area contributed by atoms with E-state index in [2.05, 4.69) is 22.4 Å². The third kappa shape index (κ3) is 6.89. The molecule has 0 fully saturated rings. The van der Waals surface area contributed by atoms with Crippen LogP contribution in [-0.2, 0) is 4.74 Å². The van der Waals surface area contributed by atoms with Crippen LogP contribution in [-0.4, -0.2) is 31.4 Å². The molecule has 0 aliphatic carbocycles. The highest BCUT2D eigenvalue weighted by Gasteiger charge is 2.17. The lowest BCUT2D eigenvalue weighted by Crippen LogP contribution is -3.61. The van der Waals surface area contributed by atoms with Crippen molar-refractivity contribution >= 4 is 32.6 Å². The van der Waals surface area contributed by atoms with Crippen molar-refractivity contribution in [2.45, 2.75) is 6.92 Å². The standard InChI is InChI=1S/C24H21IN2O4S.BrH/c1-3-30-15-31-20-11-12-21-22(14-20)32-24(26-21)27-23(28)16-7-9-17(10-8-16)25-18-5-4-6-19(13-18)29-2;/h4-14H,3,15H2,1-2H3;1H. The number of carbonyl (C=O) groups excluding carboxylic acids is 1. The number of nitrogens with one attached hydrogen (secondary N) is 1. The summed E-state index contributed by atoms with van der Waals surface area (Å²) in [5.74, 6) is 1.40. The maximum absolute atomic E-state index is 12.7. The molecule has 1 N–H and O–H groups in total. The number of thiazole rings is 1. The molecule has 0 atom stereocenters. The van der Waals surface area contributed by atoms with Crippen LogP contribution in [0.1, 0.15) is 17.3 Å². The van der Waals surface area contributed by atoms with Gasteiger partial charge in [-0.25, -0.2) is 4.98 Å². The van der Waals surface area contributed by atoms with Crippen molar-refractivity contribution < 1.29 is 57.2 Å². The predicted molar refractivity (Wildman–Crippen MR) is 122 cm³/mol. The molecular formula is C24H22BrIN2O4S. The van der Waals surface area contributed by atoms with E-state index >= 15 is 0 Å². The van der Waals surface area contributed by atoms with Crippen molar-refractivity contribution in [1.29, 1.82) is 0 Å². The van der Waals surface area contributed by atoms with Gasteiger partial charge in [-0.05, 0) is 61.5 Å². The fraction of sp³-hybridized carbons (Fsp3) is 0.167. The lowest BCUT2D eigenvalue weighted by molar-refractivity contribution is -0.597. The quantitative estimate of drug-likeness (QED) is 0.145. The van der Waals surface area contributed by atoms with Crippen molar-refractivity contribution in [1.82, 2.24) is 4.98 Å². The van der Waals surface area contributed by atoms with E-state index in [1.807, 2.05) is 61.5 Å². The van der Waals surface area contributed by atoms with Crippen molar-refractivity contribution in [2.75, 3.05) is 25.8 Å². The number of fused-ring (bicyclic) bond motifs is 1. The van der Waals surface area contributed by atoms with E-state index in [0.717, 1.165) is 16.0 Å². The zero-order valence-electron chi connectivity index (χ0n) is 18.0. The van der Waals surface area contributed by atoms with E-state index in [1.54, 1.807) is 7.11 Å². The van der Waals surface area contributed by atoms with Gasteiger partial charge in [0.2, 0.25) is 0 Å². The van der Waals surface area contributed by atoms with Gasteiger partial charge in [-0.2, -0.15) is 0 Å². The molecule has 6 nitrogen and oxygen atoms in total. The average Bonchev–Trinajstić information content (AvgIpc) is 3.21. The van der Waals surface area contributed by atoms with Gasteiger partial charge in [0, 0.05) is 18.2 Å². The number of carbonyl (C=O) groups is 1. The Hall–Kier alpha value is -2.21. The molecule has 0 radical (unpaired) electrons. The van der Waals surface area contributed by atoms with E-state index in [9.17, 15) is 4.79 Å².